The van der Waals surface area contributed by atoms with Gasteiger partial charge in [-0.2, -0.15) is 0 Å². The monoisotopic (exact) mass is 382 g/mol. The van der Waals surface area contributed by atoms with E-state index in [9.17, 15) is 18.4 Å². The standard InChI is InChI=1S/C21H16F2N2O3/c1-2-28-21(27)20(26)24-15-6-3-5-13(11-15)18-7-4-8-19(25-18)16-10-9-14(22)12-17(16)23/h3-12H,2H2,1H3,(H,24,26). The maximum atomic E-state index is 14.0. The summed E-state index contributed by atoms with van der Waals surface area (Å²) >= 11 is 0. The Morgan fingerprint density at radius 1 is 1.00 bits per heavy atom. The Morgan fingerprint density at radius 2 is 1.75 bits per heavy atom. The third kappa shape index (κ3) is 4.37. The molecule has 3 rings (SSSR count). The SMILES string of the molecule is CCOC(=O)C(=O)Nc1cccc(-c2cccc(-c3ccc(F)cc3F)n2)c1. The molecule has 7 heteroatoms. The lowest BCUT2D eigenvalue weighted by Gasteiger charge is -2.09. The van der Waals surface area contributed by atoms with Crippen molar-refractivity contribution >= 4 is 17.6 Å². The summed E-state index contributed by atoms with van der Waals surface area (Å²) in [7, 11) is 0. The summed E-state index contributed by atoms with van der Waals surface area (Å²) < 4.78 is 31.8. The van der Waals surface area contributed by atoms with Gasteiger partial charge in [-0.05, 0) is 43.3 Å². The molecule has 0 spiro atoms. The second kappa shape index (κ2) is 8.39. The average Bonchev–Trinajstić information content (AvgIpc) is 2.68. The van der Waals surface area contributed by atoms with E-state index in [0.717, 1.165) is 12.1 Å². The number of carbonyl (C=O) groups excluding carboxylic acids is 2. The Kier molecular flexibility index (Phi) is 5.74. The van der Waals surface area contributed by atoms with Crippen molar-refractivity contribution in [1.82, 2.24) is 4.98 Å². The van der Waals surface area contributed by atoms with Gasteiger partial charge in [0.05, 0.1) is 18.0 Å². The highest BCUT2D eigenvalue weighted by Gasteiger charge is 2.15. The summed E-state index contributed by atoms with van der Waals surface area (Å²) in [5.74, 6) is -3.23. The fraction of sp³-hybridized carbons (Fsp3) is 0.0952. The molecule has 28 heavy (non-hydrogen) atoms. The number of hydrogen-bond acceptors (Lipinski definition) is 4. The summed E-state index contributed by atoms with van der Waals surface area (Å²) in [6.45, 7) is 1.71. The van der Waals surface area contributed by atoms with E-state index in [1.807, 2.05) is 0 Å². The van der Waals surface area contributed by atoms with Crippen LogP contribution in [-0.4, -0.2) is 23.5 Å². The zero-order chi connectivity index (χ0) is 20.1. The van der Waals surface area contributed by atoms with Gasteiger partial charge in [0, 0.05) is 22.9 Å². The fourth-order valence-electron chi connectivity index (χ4n) is 2.58. The summed E-state index contributed by atoms with van der Waals surface area (Å²) in [4.78, 5) is 27.7. The number of esters is 1. The van der Waals surface area contributed by atoms with Gasteiger partial charge in [0.1, 0.15) is 11.6 Å². The number of hydrogen-bond donors (Lipinski definition) is 1. The second-order valence-electron chi connectivity index (χ2n) is 5.79. The number of rotatable bonds is 4. The number of aromatic nitrogens is 1. The van der Waals surface area contributed by atoms with E-state index in [4.69, 9.17) is 0 Å². The quantitative estimate of drug-likeness (QED) is 0.543. The molecular weight excluding hydrogens is 366 g/mol. The highest BCUT2D eigenvalue weighted by molar-refractivity contribution is 6.37. The van der Waals surface area contributed by atoms with E-state index in [1.165, 1.54) is 6.07 Å². The van der Waals surface area contributed by atoms with E-state index in [-0.39, 0.29) is 12.2 Å². The van der Waals surface area contributed by atoms with Crippen LogP contribution in [0.4, 0.5) is 14.5 Å². The minimum atomic E-state index is -0.972. The minimum absolute atomic E-state index is 0.100. The molecule has 1 heterocycles. The molecule has 0 aliphatic rings. The van der Waals surface area contributed by atoms with E-state index in [1.54, 1.807) is 49.4 Å². The maximum absolute atomic E-state index is 14.0. The average molecular weight is 382 g/mol. The first-order valence-electron chi connectivity index (χ1n) is 8.49. The molecule has 5 nitrogen and oxygen atoms in total. The minimum Gasteiger partial charge on any atom is -0.459 e. The number of amides is 1. The molecule has 0 atom stereocenters. The van der Waals surface area contributed by atoms with E-state index < -0.39 is 23.5 Å². The van der Waals surface area contributed by atoms with Crippen LogP contribution in [0, 0.1) is 11.6 Å². The number of pyridine rings is 1. The molecule has 0 saturated heterocycles. The van der Waals surface area contributed by atoms with Crippen LogP contribution < -0.4 is 5.32 Å². The predicted octanol–water partition coefficient (Wildman–Crippen LogP) is 4.20. The smallest absolute Gasteiger partial charge is 0.397 e. The van der Waals surface area contributed by atoms with Crippen LogP contribution in [0.5, 0.6) is 0 Å². The van der Waals surface area contributed by atoms with Gasteiger partial charge in [0.2, 0.25) is 0 Å². The predicted molar refractivity (Wildman–Crippen MR) is 100 cm³/mol. The van der Waals surface area contributed by atoms with Crippen LogP contribution in [0.1, 0.15) is 6.92 Å². The molecule has 0 radical (unpaired) electrons. The summed E-state index contributed by atoms with van der Waals surface area (Å²) in [5.41, 5.74) is 2.07. The van der Waals surface area contributed by atoms with Gasteiger partial charge >= 0.3 is 11.9 Å². The zero-order valence-electron chi connectivity index (χ0n) is 14.9. The van der Waals surface area contributed by atoms with Crippen LogP contribution in [0.3, 0.4) is 0 Å². The summed E-state index contributed by atoms with van der Waals surface area (Å²) in [6.07, 6.45) is 0. The summed E-state index contributed by atoms with van der Waals surface area (Å²) in [5, 5.41) is 2.46. The lowest BCUT2D eigenvalue weighted by atomic mass is 10.1. The highest BCUT2D eigenvalue weighted by Crippen LogP contribution is 2.26. The van der Waals surface area contributed by atoms with Crippen molar-refractivity contribution in [2.24, 2.45) is 0 Å². The van der Waals surface area contributed by atoms with E-state index >= 15 is 0 Å². The van der Waals surface area contributed by atoms with E-state index in [2.05, 4.69) is 15.0 Å². The Balaban J connectivity index is 1.88. The van der Waals surface area contributed by atoms with Gasteiger partial charge in [-0.1, -0.05) is 18.2 Å². The van der Waals surface area contributed by atoms with E-state index in [0.29, 0.717) is 22.6 Å². The Morgan fingerprint density at radius 3 is 2.50 bits per heavy atom. The molecule has 3 aromatic rings. The number of nitrogens with one attached hydrogen (secondary N) is 1. The van der Waals surface area contributed by atoms with Gasteiger partial charge in [0.25, 0.3) is 0 Å². The van der Waals surface area contributed by atoms with Crippen LogP contribution in [-0.2, 0) is 14.3 Å². The molecule has 0 aliphatic carbocycles. The molecule has 142 valence electrons. The molecule has 0 bridgehead atoms. The Labute approximate surface area is 160 Å². The summed E-state index contributed by atoms with van der Waals surface area (Å²) in [6, 6.07) is 15.0. The lowest BCUT2D eigenvalue weighted by Crippen LogP contribution is -2.24. The first-order chi connectivity index (χ1) is 13.5. The van der Waals surface area contributed by atoms with Crippen LogP contribution in [0.15, 0.2) is 60.7 Å². The Hall–Kier alpha value is -3.61. The number of halogens is 2. The molecule has 1 amide bonds. The largest absolute Gasteiger partial charge is 0.459 e. The number of ether oxygens (including phenoxy) is 1. The molecule has 0 aliphatic heterocycles. The topological polar surface area (TPSA) is 68.3 Å². The van der Waals surface area contributed by atoms with Crippen molar-refractivity contribution in [1.29, 1.82) is 0 Å². The van der Waals surface area contributed by atoms with Crippen LogP contribution in [0.2, 0.25) is 0 Å². The van der Waals surface area contributed by atoms with Gasteiger partial charge in [-0.15, -0.1) is 0 Å². The molecule has 0 fully saturated rings. The zero-order valence-corrected chi connectivity index (χ0v) is 14.9. The van der Waals surface area contributed by atoms with Gasteiger partial charge in [-0.3, -0.25) is 4.79 Å². The van der Waals surface area contributed by atoms with Crippen molar-refractivity contribution in [2.75, 3.05) is 11.9 Å². The van der Waals surface area contributed by atoms with Crippen molar-refractivity contribution in [3.05, 3.63) is 72.3 Å². The normalized spacial score (nSPS) is 10.4. The van der Waals surface area contributed by atoms with Crippen LogP contribution in [0.25, 0.3) is 22.5 Å². The molecule has 2 aromatic carbocycles. The molecule has 0 saturated carbocycles. The molecule has 0 unspecified atom stereocenters. The van der Waals surface area contributed by atoms with Crippen LogP contribution >= 0.6 is 0 Å². The van der Waals surface area contributed by atoms with Gasteiger partial charge < -0.3 is 10.1 Å². The van der Waals surface area contributed by atoms with Gasteiger partial charge in [-0.25, -0.2) is 18.6 Å². The van der Waals surface area contributed by atoms with Crippen molar-refractivity contribution < 1.29 is 23.1 Å². The molecule has 1 N–H and O–H groups in total. The Bertz CT molecular complexity index is 1040. The van der Waals surface area contributed by atoms with Crippen molar-refractivity contribution in [3.63, 3.8) is 0 Å². The number of nitrogens with zero attached hydrogens (tertiary/aromatic N) is 1. The maximum Gasteiger partial charge on any atom is 0.397 e. The third-order valence-corrected chi connectivity index (χ3v) is 3.83. The van der Waals surface area contributed by atoms with Crippen molar-refractivity contribution in [3.8, 4) is 22.5 Å². The number of benzene rings is 2. The third-order valence-electron chi connectivity index (χ3n) is 3.83. The number of carbonyl (C=O) groups is 2. The lowest BCUT2D eigenvalue weighted by molar-refractivity contribution is -0.152. The first kappa shape index (κ1) is 19.2. The van der Waals surface area contributed by atoms with Gasteiger partial charge in [0.15, 0.2) is 0 Å². The molecule has 1 aromatic heterocycles. The van der Waals surface area contributed by atoms with Crippen molar-refractivity contribution in [2.45, 2.75) is 6.92 Å². The first-order valence-corrected chi connectivity index (χ1v) is 8.49. The fourth-order valence-corrected chi connectivity index (χ4v) is 2.58. The highest BCUT2D eigenvalue weighted by atomic mass is 19.1. The second-order valence-corrected chi connectivity index (χ2v) is 5.79. The molecular formula is C21H16F2N2O3. The number of anilines is 1.